The Morgan fingerprint density at radius 2 is 1.69 bits per heavy atom. The van der Waals surface area contributed by atoms with Crippen LogP contribution in [-0.4, -0.2) is 29.2 Å². The fourth-order valence-electron chi connectivity index (χ4n) is 5.06. The van der Waals surface area contributed by atoms with E-state index < -0.39 is 28.8 Å². The summed E-state index contributed by atoms with van der Waals surface area (Å²) in [5.41, 5.74) is 3.21. The molecule has 2 unspecified atom stereocenters. The molecule has 3 aromatic carbocycles. The number of ether oxygens (including phenoxy) is 2. The maximum atomic E-state index is 13.8. The van der Waals surface area contributed by atoms with Gasteiger partial charge in [-0.05, 0) is 54.4 Å². The van der Waals surface area contributed by atoms with E-state index in [1.54, 1.807) is 12.1 Å². The van der Waals surface area contributed by atoms with Crippen molar-refractivity contribution in [2.24, 2.45) is 5.92 Å². The lowest BCUT2D eigenvalue weighted by Gasteiger charge is -2.30. The molecule has 6 rings (SSSR count). The van der Waals surface area contributed by atoms with E-state index in [1.807, 2.05) is 37.3 Å². The Morgan fingerprint density at radius 3 is 2.41 bits per heavy atom. The van der Waals surface area contributed by atoms with E-state index in [2.05, 4.69) is 4.98 Å². The zero-order valence-corrected chi connectivity index (χ0v) is 22.6. The van der Waals surface area contributed by atoms with Crippen LogP contribution in [-0.2, 0) is 16.2 Å². The van der Waals surface area contributed by atoms with E-state index in [9.17, 15) is 18.8 Å². The molecule has 3 atom stereocenters. The van der Waals surface area contributed by atoms with Gasteiger partial charge in [-0.25, -0.2) is 9.29 Å². The predicted molar refractivity (Wildman–Crippen MR) is 147 cm³/mol. The summed E-state index contributed by atoms with van der Waals surface area (Å²) >= 11 is 2.23. The topological polar surface area (TPSA) is 88.7 Å². The van der Waals surface area contributed by atoms with E-state index in [1.165, 1.54) is 43.1 Å². The van der Waals surface area contributed by atoms with E-state index in [0.717, 1.165) is 32.9 Å². The van der Waals surface area contributed by atoms with Crippen molar-refractivity contribution in [1.29, 1.82) is 0 Å². The molecule has 1 saturated heterocycles. The van der Waals surface area contributed by atoms with Crippen LogP contribution in [0, 0.1) is 18.7 Å². The average molecular weight is 563 g/mol. The molecule has 7 nitrogen and oxygen atoms in total. The summed E-state index contributed by atoms with van der Waals surface area (Å²) in [6.07, 6.45) is 0. The van der Waals surface area contributed by atoms with E-state index in [0.29, 0.717) is 33.7 Å². The quantitative estimate of drug-likeness (QED) is 0.322. The number of benzene rings is 3. The van der Waals surface area contributed by atoms with Crippen LogP contribution in [0.4, 0.5) is 10.1 Å². The van der Waals surface area contributed by atoms with Gasteiger partial charge >= 0.3 is 4.87 Å². The zero-order valence-electron chi connectivity index (χ0n) is 21.0. The van der Waals surface area contributed by atoms with Crippen LogP contribution < -0.4 is 19.2 Å². The predicted octanol–water partition coefficient (Wildman–Crippen LogP) is 5.27. The number of nitrogens with zero attached hydrogens (tertiary/aromatic N) is 1. The highest BCUT2D eigenvalue weighted by Gasteiger charge is 2.56. The van der Waals surface area contributed by atoms with Gasteiger partial charge in [0.1, 0.15) is 17.7 Å². The average Bonchev–Trinajstić information content (AvgIpc) is 3.43. The summed E-state index contributed by atoms with van der Waals surface area (Å²) < 4.78 is 25.2. The van der Waals surface area contributed by atoms with Gasteiger partial charge < -0.3 is 14.5 Å². The van der Waals surface area contributed by atoms with Crippen LogP contribution in [0.15, 0.2) is 76.6 Å². The minimum atomic E-state index is -0.754. The molecular formula is C29H23FN2O5S2. The number of amides is 2. The molecule has 1 aromatic heterocycles. The third-order valence-electron chi connectivity index (χ3n) is 6.97. The fraction of sp³-hybridized carbons (Fsp3) is 0.207. The van der Waals surface area contributed by atoms with Crippen molar-refractivity contribution < 1.29 is 23.5 Å². The molecule has 198 valence electrons. The maximum Gasteiger partial charge on any atom is 0.305 e. The van der Waals surface area contributed by atoms with E-state index in [-0.39, 0.29) is 10.8 Å². The number of aromatic amines is 1. The van der Waals surface area contributed by atoms with Crippen molar-refractivity contribution in [1.82, 2.24) is 4.98 Å². The smallest absolute Gasteiger partial charge is 0.305 e. The minimum absolute atomic E-state index is 0.252. The molecule has 3 heterocycles. The highest BCUT2D eigenvalue weighted by atomic mass is 32.2. The normalized spacial score (nSPS) is 20.1. The molecule has 4 aromatic rings. The van der Waals surface area contributed by atoms with Gasteiger partial charge in [0.05, 0.1) is 23.7 Å². The number of H-pyrrole nitrogens is 1. The number of aryl methyl sites for hydroxylation is 1. The molecule has 0 radical (unpaired) electrons. The number of hydrogen-bond donors (Lipinski definition) is 1. The summed E-state index contributed by atoms with van der Waals surface area (Å²) in [7, 11) is 1.54. The van der Waals surface area contributed by atoms with Gasteiger partial charge in [0.25, 0.3) is 0 Å². The molecule has 1 fully saturated rings. The van der Waals surface area contributed by atoms with Crippen molar-refractivity contribution in [2.45, 2.75) is 29.7 Å². The minimum Gasteiger partial charge on any atom is -0.493 e. The molecule has 0 spiro atoms. The molecule has 10 heteroatoms. The summed E-state index contributed by atoms with van der Waals surface area (Å²) in [4.78, 5) is 44.0. The van der Waals surface area contributed by atoms with Crippen molar-refractivity contribution >= 4 is 40.6 Å². The number of carbonyl (C=O) groups is 2. The lowest BCUT2D eigenvalue weighted by molar-refractivity contribution is -0.122. The zero-order chi connectivity index (χ0) is 27.3. The number of anilines is 1. The van der Waals surface area contributed by atoms with Crippen molar-refractivity contribution in [3.63, 3.8) is 0 Å². The van der Waals surface area contributed by atoms with Gasteiger partial charge in [0.2, 0.25) is 11.8 Å². The lowest BCUT2D eigenvalue weighted by atomic mass is 9.83. The molecule has 0 bridgehead atoms. The second kappa shape index (κ2) is 10.0. The number of halogens is 1. The van der Waals surface area contributed by atoms with E-state index in [4.69, 9.17) is 9.47 Å². The summed E-state index contributed by atoms with van der Waals surface area (Å²) in [6.45, 7) is 2.37. The van der Waals surface area contributed by atoms with Crippen LogP contribution in [0.3, 0.4) is 0 Å². The molecule has 2 amide bonds. The summed E-state index contributed by atoms with van der Waals surface area (Å²) in [6, 6.07) is 18.7. The van der Waals surface area contributed by atoms with Crippen LogP contribution >= 0.6 is 23.1 Å². The van der Waals surface area contributed by atoms with Crippen LogP contribution in [0.25, 0.3) is 0 Å². The molecule has 2 aliphatic rings. The SMILES string of the molecule is COc1cc([C@H]2c3sc(=O)[nH]c3SC3C(=O)N(c4ccc(F)cc4)C(=O)C32)ccc1OCc1ccc(C)cc1. The van der Waals surface area contributed by atoms with Crippen molar-refractivity contribution in [3.05, 3.63) is 104 Å². The third kappa shape index (κ3) is 4.53. The Morgan fingerprint density at radius 1 is 0.949 bits per heavy atom. The van der Waals surface area contributed by atoms with Gasteiger partial charge in [-0.15, -0.1) is 0 Å². The highest BCUT2D eigenvalue weighted by Crippen LogP contribution is 2.53. The van der Waals surface area contributed by atoms with Gasteiger partial charge in [-0.3, -0.25) is 14.4 Å². The first-order chi connectivity index (χ1) is 18.8. The number of thiazole rings is 1. The van der Waals surface area contributed by atoms with Gasteiger partial charge in [-0.1, -0.05) is 59.0 Å². The number of imide groups is 1. The molecule has 1 N–H and O–H groups in total. The van der Waals surface area contributed by atoms with E-state index >= 15 is 0 Å². The van der Waals surface area contributed by atoms with Gasteiger partial charge in [0.15, 0.2) is 11.5 Å². The number of aromatic nitrogens is 1. The molecular weight excluding hydrogens is 539 g/mol. The Labute approximate surface area is 231 Å². The van der Waals surface area contributed by atoms with Gasteiger partial charge in [-0.2, -0.15) is 0 Å². The fourth-order valence-corrected chi connectivity index (χ4v) is 7.58. The van der Waals surface area contributed by atoms with Crippen molar-refractivity contribution in [3.8, 4) is 11.5 Å². The third-order valence-corrected chi connectivity index (χ3v) is 9.37. The Balaban J connectivity index is 1.37. The Kier molecular flexibility index (Phi) is 6.52. The largest absolute Gasteiger partial charge is 0.493 e. The molecule has 2 aliphatic heterocycles. The first-order valence-corrected chi connectivity index (χ1v) is 13.9. The van der Waals surface area contributed by atoms with Crippen molar-refractivity contribution in [2.75, 3.05) is 12.0 Å². The monoisotopic (exact) mass is 562 g/mol. The van der Waals surface area contributed by atoms with Crippen LogP contribution in [0.2, 0.25) is 0 Å². The number of thioether (sulfide) groups is 1. The van der Waals surface area contributed by atoms with Gasteiger partial charge in [0, 0.05) is 10.8 Å². The first kappa shape index (κ1) is 25.4. The number of nitrogens with one attached hydrogen (secondary N) is 1. The second-order valence-corrected chi connectivity index (χ2v) is 11.6. The number of methoxy groups -OCH3 is 1. The number of hydrogen-bond acceptors (Lipinski definition) is 7. The number of rotatable bonds is 6. The summed E-state index contributed by atoms with van der Waals surface area (Å²) in [5, 5.41) is -0.161. The molecule has 0 saturated carbocycles. The van der Waals surface area contributed by atoms with Crippen LogP contribution in [0.1, 0.15) is 27.5 Å². The van der Waals surface area contributed by atoms with Crippen LogP contribution in [0.5, 0.6) is 11.5 Å². The first-order valence-electron chi connectivity index (χ1n) is 12.2. The lowest BCUT2D eigenvalue weighted by Crippen LogP contribution is -2.32. The standard InChI is InChI=1S/C29H23FN2O5S2/c1-15-3-5-16(6-4-15)14-37-20-12-7-17(13-21(20)36-2)22-23-25(38-26-24(22)39-29(35)31-26)28(34)32(27(23)33)19-10-8-18(30)9-11-19/h3-13,22-23,25H,14H2,1-2H3,(H,31,35)/t22-,23?,25?/m1/s1. The second-order valence-electron chi connectivity index (χ2n) is 9.42. The number of fused-ring (bicyclic) bond motifs is 2. The molecule has 0 aliphatic carbocycles. The summed E-state index contributed by atoms with van der Waals surface area (Å²) in [5.74, 6) is -1.54. The Bertz CT molecular complexity index is 1630. The Hall–Kier alpha value is -3.89. The highest BCUT2D eigenvalue weighted by molar-refractivity contribution is 8.00. The molecule has 39 heavy (non-hydrogen) atoms. The maximum absolute atomic E-state index is 13.8. The number of carbonyl (C=O) groups excluding carboxylic acids is 2.